The highest BCUT2D eigenvalue weighted by Crippen LogP contribution is 2.22. The van der Waals surface area contributed by atoms with Gasteiger partial charge >= 0.3 is 0 Å². The maximum absolute atomic E-state index is 12.5. The average molecular weight is 290 g/mol. The molecule has 0 bridgehead atoms. The highest BCUT2D eigenvalue weighted by atomic mass is 16.3. The van der Waals surface area contributed by atoms with E-state index in [2.05, 4.69) is 5.32 Å². The number of carbonyl (C=O) groups is 2. The Labute approximate surface area is 125 Å². The highest BCUT2D eigenvalue weighted by Gasteiger charge is 2.27. The van der Waals surface area contributed by atoms with Crippen LogP contribution >= 0.6 is 0 Å². The van der Waals surface area contributed by atoms with Crippen molar-refractivity contribution < 1.29 is 14.7 Å². The van der Waals surface area contributed by atoms with E-state index < -0.39 is 5.60 Å². The van der Waals surface area contributed by atoms with Crippen LogP contribution in [0, 0.1) is 0 Å². The van der Waals surface area contributed by atoms with E-state index in [9.17, 15) is 14.7 Å². The van der Waals surface area contributed by atoms with Crippen molar-refractivity contribution in [2.24, 2.45) is 0 Å². The fourth-order valence-corrected chi connectivity index (χ4v) is 2.55. The van der Waals surface area contributed by atoms with E-state index in [1.165, 1.54) is 6.92 Å². The van der Waals surface area contributed by atoms with E-state index in [0.717, 1.165) is 12.8 Å². The van der Waals surface area contributed by atoms with Crippen molar-refractivity contribution in [3.05, 3.63) is 29.8 Å². The second-order valence-electron chi connectivity index (χ2n) is 5.90. The number of likely N-dealkylation sites (tertiary alicyclic amines) is 1. The Bertz CT molecular complexity index is 523. The third-order valence-electron chi connectivity index (χ3n) is 3.80. The molecule has 1 fully saturated rings. The van der Waals surface area contributed by atoms with Gasteiger partial charge in [0, 0.05) is 31.3 Å². The summed E-state index contributed by atoms with van der Waals surface area (Å²) in [6.07, 6.45) is 2.13. The van der Waals surface area contributed by atoms with Crippen molar-refractivity contribution in [2.45, 2.75) is 38.7 Å². The molecule has 1 aromatic rings. The maximum atomic E-state index is 12.5. The molecular weight excluding hydrogens is 268 g/mol. The number of nitrogens with zero attached hydrogens (tertiary/aromatic N) is 1. The molecule has 1 aliphatic rings. The summed E-state index contributed by atoms with van der Waals surface area (Å²) in [5, 5.41) is 12.7. The zero-order valence-corrected chi connectivity index (χ0v) is 12.6. The number of rotatable bonds is 2. The summed E-state index contributed by atoms with van der Waals surface area (Å²) in [5.74, 6) is -0.161. The number of hydrogen-bond acceptors (Lipinski definition) is 3. The van der Waals surface area contributed by atoms with E-state index in [1.807, 2.05) is 6.92 Å². The van der Waals surface area contributed by atoms with Crippen molar-refractivity contribution in [3.8, 4) is 0 Å². The lowest BCUT2D eigenvalue weighted by molar-refractivity contribution is -0.114. The van der Waals surface area contributed by atoms with Crippen LogP contribution < -0.4 is 5.32 Å². The van der Waals surface area contributed by atoms with Crippen LogP contribution in [0.5, 0.6) is 0 Å². The van der Waals surface area contributed by atoms with E-state index in [-0.39, 0.29) is 11.8 Å². The molecule has 1 heterocycles. The number of carbonyl (C=O) groups excluding carboxylic acids is 2. The number of hydrogen-bond donors (Lipinski definition) is 2. The fourth-order valence-electron chi connectivity index (χ4n) is 2.55. The molecule has 1 aliphatic heterocycles. The molecular formula is C16H22N2O3. The van der Waals surface area contributed by atoms with Gasteiger partial charge in [0.25, 0.3) is 5.91 Å². The van der Waals surface area contributed by atoms with Gasteiger partial charge in [0.15, 0.2) is 0 Å². The van der Waals surface area contributed by atoms with Crippen molar-refractivity contribution in [3.63, 3.8) is 0 Å². The van der Waals surface area contributed by atoms with Crippen LogP contribution in [0.3, 0.4) is 0 Å². The summed E-state index contributed by atoms with van der Waals surface area (Å²) in [6, 6.07) is 6.89. The largest absolute Gasteiger partial charge is 0.390 e. The minimum atomic E-state index is -0.676. The Morgan fingerprint density at radius 3 is 2.48 bits per heavy atom. The van der Waals surface area contributed by atoms with Crippen molar-refractivity contribution >= 4 is 17.5 Å². The molecule has 1 atom stereocenters. The molecule has 2 N–H and O–H groups in total. The van der Waals surface area contributed by atoms with Crippen molar-refractivity contribution in [1.82, 2.24) is 4.90 Å². The summed E-state index contributed by atoms with van der Waals surface area (Å²) in [6.45, 7) is 4.51. The van der Waals surface area contributed by atoms with E-state index >= 15 is 0 Å². The Kier molecular flexibility index (Phi) is 4.63. The molecule has 5 nitrogen and oxygen atoms in total. The van der Waals surface area contributed by atoms with E-state index in [4.69, 9.17) is 0 Å². The second-order valence-corrected chi connectivity index (χ2v) is 5.90. The summed E-state index contributed by atoms with van der Waals surface area (Å²) in [7, 11) is 0. The first-order valence-corrected chi connectivity index (χ1v) is 7.27. The minimum Gasteiger partial charge on any atom is -0.390 e. The minimum absolute atomic E-state index is 0.0259. The number of benzene rings is 1. The van der Waals surface area contributed by atoms with Crippen molar-refractivity contribution in [2.75, 3.05) is 18.4 Å². The van der Waals surface area contributed by atoms with Crippen LogP contribution in [0.15, 0.2) is 24.3 Å². The van der Waals surface area contributed by atoms with Gasteiger partial charge < -0.3 is 15.3 Å². The Morgan fingerprint density at radius 2 is 1.86 bits per heavy atom. The molecule has 0 aromatic heterocycles. The van der Waals surface area contributed by atoms with Crippen LogP contribution in [0.25, 0.3) is 0 Å². The molecule has 2 rings (SSSR count). The topological polar surface area (TPSA) is 69.6 Å². The highest BCUT2D eigenvalue weighted by molar-refractivity contribution is 5.95. The van der Waals surface area contributed by atoms with Gasteiger partial charge in [-0.1, -0.05) is 0 Å². The van der Waals surface area contributed by atoms with Crippen LogP contribution in [-0.4, -0.2) is 40.5 Å². The predicted octanol–water partition coefficient (Wildman–Crippen LogP) is 2.02. The first-order chi connectivity index (χ1) is 9.87. The number of amides is 2. The number of anilines is 1. The molecule has 0 saturated carbocycles. The van der Waals surface area contributed by atoms with Gasteiger partial charge in [-0.25, -0.2) is 0 Å². The van der Waals surface area contributed by atoms with Crippen LogP contribution in [0.4, 0.5) is 5.69 Å². The molecule has 0 spiro atoms. The Balaban J connectivity index is 2.04. The predicted molar refractivity (Wildman–Crippen MR) is 81.1 cm³/mol. The second kappa shape index (κ2) is 6.26. The molecule has 1 saturated heterocycles. The lowest BCUT2D eigenvalue weighted by Gasteiger charge is -2.22. The van der Waals surface area contributed by atoms with E-state index in [0.29, 0.717) is 30.8 Å². The molecule has 21 heavy (non-hydrogen) atoms. The summed E-state index contributed by atoms with van der Waals surface area (Å²) >= 11 is 0. The van der Waals surface area contributed by atoms with Crippen LogP contribution in [0.2, 0.25) is 0 Å². The molecule has 0 radical (unpaired) electrons. The summed E-state index contributed by atoms with van der Waals surface area (Å²) in [5.41, 5.74) is 0.605. The van der Waals surface area contributed by atoms with Gasteiger partial charge in [-0.3, -0.25) is 9.59 Å². The third kappa shape index (κ3) is 4.29. The van der Waals surface area contributed by atoms with Gasteiger partial charge in [0.1, 0.15) is 0 Å². The standard InChI is InChI=1S/C16H22N2O3/c1-12(19)17-14-6-4-13(5-7-14)15(20)18-10-3-8-16(2,21)9-11-18/h4-7,21H,3,8-11H2,1-2H3,(H,17,19). The van der Waals surface area contributed by atoms with Crippen LogP contribution in [0.1, 0.15) is 43.5 Å². The van der Waals surface area contributed by atoms with Gasteiger partial charge in [-0.15, -0.1) is 0 Å². The fraction of sp³-hybridized carbons (Fsp3) is 0.500. The smallest absolute Gasteiger partial charge is 0.253 e. The lowest BCUT2D eigenvalue weighted by atomic mass is 9.98. The summed E-state index contributed by atoms with van der Waals surface area (Å²) in [4.78, 5) is 25.2. The van der Waals surface area contributed by atoms with Gasteiger partial charge in [-0.05, 0) is 50.5 Å². The zero-order valence-electron chi connectivity index (χ0n) is 12.6. The Hall–Kier alpha value is -1.88. The van der Waals surface area contributed by atoms with Gasteiger partial charge in [0.2, 0.25) is 5.91 Å². The molecule has 0 aliphatic carbocycles. The monoisotopic (exact) mass is 290 g/mol. The summed E-state index contributed by atoms with van der Waals surface area (Å²) < 4.78 is 0. The third-order valence-corrected chi connectivity index (χ3v) is 3.80. The average Bonchev–Trinajstić information content (AvgIpc) is 2.59. The zero-order chi connectivity index (χ0) is 15.5. The quantitative estimate of drug-likeness (QED) is 0.875. The van der Waals surface area contributed by atoms with Gasteiger partial charge in [-0.2, -0.15) is 0 Å². The normalized spacial score (nSPS) is 22.5. The van der Waals surface area contributed by atoms with Gasteiger partial charge in [0.05, 0.1) is 5.60 Å². The molecule has 5 heteroatoms. The lowest BCUT2D eigenvalue weighted by Crippen LogP contribution is -2.33. The molecule has 1 unspecified atom stereocenters. The maximum Gasteiger partial charge on any atom is 0.253 e. The molecule has 2 amide bonds. The number of nitrogens with one attached hydrogen (secondary N) is 1. The van der Waals surface area contributed by atoms with Crippen molar-refractivity contribution in [1.29, 1.82) is 0 Å². The first-order valence-electron chi connectivity index (χ1n) is 7.27. The Morgan fingerprint density at radius 1 is 1.19 bits per heavy atom. The first kappa shape index (κ1) is 15.5. The number of aliphatic hydroxyl groups is 1. The van der Waals surface area contributed by atoms with E-state index in [1.54, 1.807) is 29.2 Å². The SMILES string of the molecule is CC(=O)Nc1ccc(C(=O)N2CCCC(C)(O)CC2)cc1. The molecule has 114 valence electrons. The molecule has 1 aromatic carbocycles. The van der Waals surface area contributed by atoms with Crippen LogP contribution in [-0.2, 0) is 4.79 Å².